The smallest absolute Gasteiger partial charge is 0.352 e. The zero-order valence-electron chi connectivity index (χ0n) is 16.8. The first kappa shape index (κ1) is 22.9. The first-order valence-corrected chi connectivity index (χ1v) is 13.3. The number of hydrogen-bond acceptors (Lipinski definition) is 12. The molecule has 1 saturated heterocycles. The van der Waals surface area contributed by atoms with Crippen LogP contribution in [0.1, 0.15) is 10.9 Å². The van der Waals surface area contributed by atoms with Crippen molar-refractivity contribution < 1.29 is 19.5 Å². The molecule has 0 saturated carbocycles. The van der Waals surface area contributed by atoms with Crippen molar-refractivity contribution in [1.29, 1.82) is 0 Å². The van der Waals surface area contributed by atoms with Gasteiger partial charge in [-0.2, -0.15) is 0 Å². The number of carboxylic acids is 1. The van der Waals surface area contributed by atoms with Gasteiger partial charge in [0.25, 0.3) is 5.91 Å². The molecule has 16 heteroatoms. The molecule has 0 radical (unpaired) electrons. The molecular weight excluding hydrogens is 496 g/mol. The zero-order chi connectivity index (χ0) is 23.0. The van der Waals surface area contributed by atoms with E-state index in [1.54, 1.807) is 18.7 Å². The molecule has 0 spiro atoms. The number of aliphatic carboxylic acids is 1. The summed E-state index contributed by atoms with van der Waals surface area (Å²) in [5.41, 5.74) is 6.76. The number of anilines is 1. The number of aryl methyl sites for hydroxylation is 1. The van der Waals surface area contributed by atoms with Gasteiger partial charge in [0, 0.05) is 23.9 Å². The van der Waals surface area contributed by atoms with Crippen LogP contribution in [0, 0.1) is 0 Å². The molecule has 2 unspecified atom stereocenters. The molecule has 4 heterocycles. The van der Waals surface area contributed by atoms with Crippen LogP contribution in [-0.2, 0) is 21.4 Å². The van der Waals surface area contributed by atoms with Crippen LogP contribution >= 0.6 is 46.6 Å². The monoisotopic (exact) mass is 514 g/mol. The van der Waals surface area contributed by atoms with Gasteiger partial charge in [-0.25, -0.2) is 14.5 Å². The molecule has 2 aliphatic heterocycles. The SMILES string of the molecule is CSC(C(=O)NC1C(=O)N2C(C(=O)O)=C(CSc3nnnn3C)CS[C@@H]12)c1csc(N)n1. The predicted molar refractivity (Wildman–Crippen MR) is 122 cm³/mol. The summed E-state index contributed by atoms with van der Waals surface area (Å²) in [4.78, 5) is 43.0. The number of carboxylic acid groups (broad SMARTS) is 1. The molecule has 12 nitrogen and oxygen atoms in total. The summed E-state index contributed by atoms with van der Waals surface area (Å²) in [5.74, 6) is -1.25. The molecule has 1 fully saturated rings. The quantitative estimate of drug-likeness (QED) is 0.323. The second-order valence-corrected chi connectivity index (χ2v) is 10.6. The number of nitrogen functional groups attached to an aromatic ring is 1. The van der Waals surface area contributed by atoms with Crippen molar-refractivity contribution in [1.82, 2.24) is 35.4 Å². The van der Waals surface area contributed by atoms with E-state index in [9.17, 15) is 19.5 Å². The van der Waals surface area contributed by atoms with E-state index in [0.717, 1.165) is 0 Å². The Labute approximate surface area is 198 Å². The van der Waals surface area contributed by atoms with Crippen LogP contribution in [0.2, 0.25) is 0 Å². The highest BCUT2D eigenvalue weighted by Crippen LogP contribution is 2.42. The van der Waals surface area contributed by atoms with Crippen LogP contribution in [0.15, 0.2) is 21.8 Å². The molecule has 0 bridgehead atoms. The fourth-order valence-corrected chi connectivity index (χ4v) is 6.96. The third-order valence-electron chi connectivity index (χ3n) is 4.79. The first-order chi connectivity index (χ1) is 15.3. The number of carbonyl (C=O) groups excluding carboxylic acids is 2. The molecule has 2 aromatic heterocycles. The Bertz CT molecular complexity index is 1100. The zero-order valence-corrected chi connectivity index (χ0v) is 20.1. The van der Waals surface area contributed by atoms with Gasteiger partial charge >= 0.3 is 5.97 Å². The maximum absolute atomic E-state index is 12.8. The van der Waals surface area contributed by atoms with Crippen LogP contribution in [0.5, 0.6) is 0 Å². The largest absolute Gasteiger partial charge is 0.477 e. The van der Waals surface area contributed by atoms with E-state index in [1.165, 1.54) is 56.2 Å². The molecule has 0 aliphatic carbocycles. The van der Waals surface area contributed by atoms with Crippen molar-refractivity contribution in [2.45, 2.75) is 21.8 Å². The van der Waals surface area contributed by atoms with Crippen LogP contribution in [0.25, 0.3) is 0 Å². The fourth-order valence-electron chi connectivity index (χ4n) is 3.30. The van der Waals surface area contributed by atoms with Crippen LogP contribution < -0.4 is 11.1 Å². The number of nitrogens with one attached hydrogen (secondary N) is 1. The van der Waals surface area contributed by atoms with Gasteiger partial charge in [0.1, 0.15) is 22.4 Å². The number of β-lactam (4-membered cyclic amide) rings is 1. The fraction of sp³-hybridized carbons (Fsp3) is 0.438. The number of nitrogens with zero attached hydrogens (tertiary/aromatic N) is 6. The van der Waals surface area contributed by atoms with E-state index < -0.39 is 28.5 Å². The maximum Gasteiger partial charge on any atom is 0.352 e. The van der Waals surface area contributed by atoms with Gasteiger partial charge in [0.15, 0.2) is 5.13 Å². The number of thiazole rings is 1. The lowest BCUT2D eigenvalue weighted by Crippen LogP contribution is -2.70. The number of amides is 2. The Balaban J connectivity index is 1.47. The lowest BCUT2D eigenvalue weighted by atomic mass is 10.0. The summed E-state index contributed by atoms with van der Waals surface area (Å²) in [7, 11) is 1.69. The lowest BCUT2D eigenvalue weighted by Gasteiger charge is -2.49. The number of carbonyl (C=O) groups is 3. The molecule has 2 aromatic rings. The van der Waals surface area contributed by atoms with Gasteiger partial charge in [-0.1, -0.05) is 11.8 Å². The van der Waals surface area contributed by atoms with E-state index >= 15 is 0 Å². The van der Waals surface area contributed by atoms with Crippen LogP contribution in [0.4, 0.5) is 5.13 Å². The molecule has 170 valence electrons. The number of aromatic nitrogens is 5. The van der Waals surface area contributed by atoms with Gasteiger partial charge < -0.3 is 16.2 Å². The lowest BCUT2D eigenvalue weighted by molar-refractivity contribution is -0.150. The molecule has 0 aromatic carbocycles. The molecule has 32 heavy (non-hydrogen) atoms. The second-order valence-electron chi connectivity index (χ2n) is 6.75. The summed E-state index contributed by atoms with van der Waals surface area (Å²) in [6.07, 6.45) is 1.77. The van der Waals surface area contributed by atoms with Crippen molar-refractivity contribution in [2.24, 2.45) is 7.05 Å². The number of hydrogen-bond donors (Lipinski definition) is 3. The molecule has 2 aliphatic rings. The summed E-state index contributed by atoms with van der Waals surface area (Å²) < 4.78 is 1.49. The van der Waals surface area contributed by atoms with E-state index in [2.05, 4.69) is 25.8 Å². The third kappa shape index (κ3) is 4.18. The molecule has 2 amide bonds. The van der Waals surface area contributed by atoms with Gasteiger partial charge in [-0.05, 0) is 22.3 Å². The summed E-state index contributed by atoms with van der Waals surface area (Å²) in [6.45, 7) is 0. The molecular formula is C16H18N8O4S4. The van der Waals surface area contributed by atoms with E-state index in [4.69, 9.17) is 5.73 Å². The Morgan fingerprint density at radius 2 is 2.25 bits per heavy atom. The van der Waals surface area contributed by atoms with E-state index in [0.29, 0.717) is 33.1 Å². The third-order valence-corrected chi connectivity index (χ3v) is 8.84. The second kappa shape index (κ2) is 9.29. The summed E-state index contributed by atoms with van der Waals surface area (Å²) >= 11 is 5.23. The van der Waals surface area contributed by atoms with Gasteiger partial charge in [-0.15, -0.1) is 40.0 Å². The molecule has 4 N–H and O–H groups in total. The van der Waals surface area contributed by atoms with Gasteiger partial charge in [0.2, 0.25) is 11.1 Å². The Hall–Kier alpha value is -2.30. The minimum absolute atomic E-state index is 0.0411. The number of fused-ring (bicyclic) bond motifs is 1. The minimum Gasteiger partial charge on any atom is -0.477 e. The highest BCUT2D eigenvalue weighted by Gasteiger charge is 2.54. The highest BCUT2D eigenvalue weighted by atomic mass is 32.2. The normalized spacial score (nSPS) is 21.2. The standard InChI is InChI=1S/C16H18N8O4S4/c1-23-16(20-21-22-23)32-4-6-3-30-13-8(12(26)24(13)9(6)14(27)28)19-11(25)10(29-2)7-5-31-15(17)18-7/h5,8,10,13H,3-4H2,1-2H3,(H2,17,18)(H,19,25)(H,27,28)/t8?,10?,13-/m0/s1. The van der Waals surface area contributed by atoms with Crippen molar-refractivity contribution >= 4 is 69.5 Å². The average Bonchev–Trinajstić information content (AvgIpc) is 3.37. The summed E-state index contributed by atoms with van der Waals surface area (Å²) in [6, 6.07) is -0.801. The van der Waals surface area contributed by atoms with Crippen molar-refractivity contribution in [3.8, 4) is 0 Å². The van der Waals surface area contributed by atoms with Crippen LogP contribution in [0.3, 0.4) is 0 Å². The average molecular weight is 515 g/mol. The topological polar surface area (TPSA) is 169 Å². The van der Waals surface area contributed by atoms with Crippen molar-refractivity contribution in [3.05, 3.63) is 22.3 Å². The Kier molecular flexibility index (Phi) is 6.64. The van der Waals surface area contributed by atoms with Crippen molar-refractivity contribution in [2.75, 3.05) is 23.5 Å². The van der Waals surface area contributed by atoms with Crippen LogP contribution in [-0.4, -0.2) is 82.2 Å². The van der Waals surface area contributed by atoms with Gasteiger partial charge in [-0.3, -0.25) is 14.5 Å². The van der Waals surface area contributed by atoms with E-state index in [1.807, 2.05) is 0 Å². The first-order valence-electron chi connectivity index (χ1n) is 9.11. The Morgan fingerprint density at radius 3 is 2.84 bits per heavy atom. The van der Waals surface area contributed by atoms with Gasteiger partial charge in [0.05, 0.1) is 5.69 Å². The number of nitrogens with two attached hydrogens (primary N) is 1. The number of tetrazole rings is 1. The molecule has 4 rings (SSSR count). The predicted octanol–water partition coefficient (Wildman–Crippen LogP) is 0.184. The van der Waals surface area contributed by atoms with Crippen molar-refractivity contribution in [3.63, 3.8) is 0 Å². The summed E-state index contributed by atoms with van der Waals surface area (Å²) in [5, 5.41) is 25.2. The number of thioether (sulfide) groups is 3. The highest BCUT2D eigenvalue weighted by molar-refractivity contribution is 8.01. The minimum atomic E-state index is -1.18. The molecule has 3 atom stereocenters. The number of rotatable bonds is 8. The van der Waals surface area contributed by atoms with E-state index in [-0.39, 0.29) is 11.6 Å². The Morgan fingerprint density at radius 1 is 1.47 bits per heavy atom. The maximum atomic E-state index is 12.8.